The fourth-order valence-corrected chi connectivity index (χ4v) is 5.46. The smallest absolute Gasteiger partial charge is 0.334 e. The van der Waals surface area contributed by atoms with Crippen molar-refractivity contribution in [1.82, 2.24) is 29.0 Å². The third kappa shape index (κ3) is 4.29. The summed E-state index contributed by atoms with van der Waals surface area (Å²) in [7, 11) is 1.43. The molecular formula is C26H26F4N8O2. The van der Waals surface area contributed by atoms with E-state index in [4.69, 9.17) is 16.0 Å². The van der Waals surface area contributed by atoms with Crippen LogP contribution >= 0.6 is 0 Å². The van der Waals surface area contributed by atoms with Crippen LogP contribution in [0.1, 0.15) is 12.2 Å². The summed E-state index contributed by atoms with van der Waals surface area (Å²) in [6.45, 7) is 9.60. The van der Waals surface area contributed by atoms with Crippen LogP contribution in [0.15, 0.2) is 24.4 Å². The fraction of sp³-hybridized carbons (Fsp3) is 0.462. The van der Waals surface area contributed by atoms with E-state index in [9.17, 15) is 8.78 Å². The Morgan fingerprint density at radius 1 is 1.30 bits per heavy atom. The second-order valence-corrected chi connectivity index (χ2v) is 10.0. The quantitative estimate of drug-likeness (QED) is 0.272. The first-order valence-corrected chi connectivity index (χ1v) is 12.7. The Hall–Kier alpha value is -3.96. The molecule has 0 unspecified atom stereocenters. The van der Waals surface area contributed by atoms with Gasteiger partial charge in [0.05, 0.1) is 25.2 Å². The van der Waals surface area contributed by atoms with Crippen molar-refractivity contribution in [3.63, 3.8) is 0 Å². The number of nitrogens with zero attached hydrogens (tertiary/aromatic N) is 7. The molecule has 2 aliphatic heterocycles. The van der Waals surface area contributed by atoms with E-state index in [1.165, 1.54) is 22.3 Å². The van der Waals surface area contributed by atoms with Crippen molar-refractivity contribution in [2.75, 3.05) is 38.7 Å². The number of hydrogen-bond acceptors (Lipinski definition) is 7. The molecule has 40 heavy (non-hydrogen) atoms. The van der Waals surface area contributed by atoms with Crippen molar-refractivity contribution in [1.29, 1.82) is 0 Å². The van der Waals surface area contributed by atoms with Gasteiger partial charge in [0.1, 0.15) is 36.2 Å². The molecule has 2 saturated heterocycles. The lowest BCUT2D eigenvalue weighted by atomic mass is 9.97. The molecule has 3 aromatic heterocycles. The number of rotatable bonds is 7. The summed E-state index contributed by atoms with van der Waals surface area (Å²) in [4.78, 5) is 14.1. The third-order valence-corrected chi connectivity index (χ3v) is 7.62. The fourth-order valence-electron chi connectivity index (χ4n) is 5.46. The summed E-state index contributed by atoms with van der Waals surface area (Å²) in [5.41, 5.74) is 0.844. The number of halogens is 4. The Kier molecular flexibility index (Phi) is 6.50. The average Bonchev–Trinajstić information content (AvgIpc) is 3.46. The number of nitrogens with one attached hydrogen (secondary N) is 1. The van der Waals surface area contributed by atoms with E-state index in [0.717, 1.165) is 0 Å². The Morgan fingerprint density at radius 2 is 2.10 bits per heavy atom. The normalized spacial score (nSPS) is 21.1. The topological polar surface area (TPSA) is 86.1 Å². The van der Waals surface area contributed by atoms with Crippen molar-refractivity contribution in [2.24, 2.45) is 0 Å². The zero-order valence-corrected chi connectivity index (χ0v) is 21.7. The van der Waals surface area contributed by atoms with E-state index in [1.54, 1.807) is 25.3 Å². The number of fused-ring (bicyclic) bond motifs is 2. The summed E-state index contributed by atoms with van der Waals surface area (Å²) < 4.78 is 70.2. The van der Waals surface area contributed by atoms with Gasteiger partial charge in [-0.15, -0.1) is 5.10 Å². The summed E-state index contributed by atoms with van der Waals surface area (Å²) in [6, 6.07) is 4.00. The van der Waals surface area contributed by atoms with Gasteiger partial charge in [0.15, 0.2) is 5.82 Å². The van der Waals surface area contributed by atoms with Crippen LogP contribution in [0.25, 0.3) is 32.5 Å². The molecule has 1 N–H and O–H groups in total. The minimum absolute atomic E-state index is 0.0130. The molecule has 2 atom stereocenters. The van der Waals surface area contributed by atoms with Crippen LogP contribution in [0.3, 0.4) is 0 Å². The molecule has 6 rings (SSSR count). The van der Waals surface area contributed by atoms with Crippen molar-refractivity contribution in [3.8, 4) is 17.0 Å². The van der Waals surface area contributed by atoms with Crippen LogP contribution in [0.5, 0.6) is 5.88 Å². The van der Waals surface area contributed by atoms with E-state index in [0.29, 0.717) is 29.6 Å². The SMILES string of the molecule is [C-]#[N+]C1(N2CC[C@H](Nc3nc(OC)c4c(-c5cc(F)c6nc(C)n(CC(F)F)c6c5)ccn4n3)[C@H](F)C2)COC1. The van der Waals surface area contributed by atoms with Gasteiger partial charge in [-0.3, -0.25) is 4.85 Å². The number of alkyl halides is 3. The molecule has 14 heteroatoms. The van der Waals surface area contributed by atoms with Crippen LogP contribution < -0.4 is 10.1 Å². The number of piperidine rings is 1. The van der Waals surface area contributed by atoms with Gasteiger partial charge >= 0.3 is 5.66 Å². The summed E-state index contributed by atoms with van der Waals surface area (Å²) in [5, 5.41) is 7.53. The average molecular weight is 559 g/mol. The van der Waals surface area contributed by atoms with Gasteiger partial charge in [-0.25, -0.2) is 38.5 Å². The number of aromatic nitrogens is 5. The molecule has 0 spiro atoms. The number of methoxy groups -OCH3 is 1. The van der Waals surface area contributed by atoms with Gasteiger partial charge in [-0.05, 0) is 37.1 Å². The number of ether oxygens (including phenoxy) is 2. The van der Waals surface area contributed by atoms with Crippen LogP contribution in [0.4, 0.5) is 23.5 Å². The maximum absolute atomic E-state index is 15.2. The highest BCUT2D eigenvalue weighted by Crippen LogP contribution is 2.35. The van der Waals surface area contributed by atoms with Gasteiger partial charge in [0, 0.05) is 24.8 Å². The van der Waals surface area contributed by atoms with Gasteiger partial charge in [-0.1, -0.05) is 0 Å². The first-order valence-electron chi connectivity index (χ1n) is 12.7. The predicted molar refractivity (Wildman–Crippen MR) is 138 cm³/mol. The lowest BCUT2D eigenvalue weighted by Gasteiger charge is -2.43. The second-order valence-electron chi connectivity index (χ2n) is 10.0. The standard InChI is InChI=1S/C26H26F4N8O2/c1-14-32-22-17(27)8-15(9-20(22)37(14)11-21(29)30)16-4-7-38-23(16)24(39-3)34-25(35-38)33-19-5-6-36(10-18(19)28)26(31-2)12-40-13-26/h4,7-9,18-19,21H,5-6,10-13H2,1,3H3,(H,33,35)/t18-,19+/m1/s1. The molecule has 0 bridgehead atoms. The van der Waals surface area contributed by atoms with Crippen LogP contribution in [0, 0.1) is 19.3 Å². The zero-order valence-electron chi connectivity index (χ0n) is 21.7. The first kappa shape index (κ1) is 26.3. The molecule has 5 heterocycles. The lowest BCUT2D eigenvalue weighted by molar-refractivity contribution is -0.127. The Morgan fingerprint density at radius 3 is 2.75 bits per heavy atom. The number of benzene rings is 1. The predicted octanol–water partition coefficient (Wildman–Crippen LogP) is 3.94. The lowest BCUT2D eigenvalue weighted by Crippen LogP contribution is -2.64. The highest BCUT2D eigenvalue weighted by molar-refractivity contribution is 5.90. The largest absolute Gasteiger partial charge is 0.479 e. The van der Waals surface area contributed by atoms with E-state index >= 15 is 8.78 Å². The van der Waals surface area contributed by atoms with Crippen molar-refractivity contribution >= 4 is 22.5 Å². The minimum atomic E-state index is -2.63. The summed E-state index contributed by atoms with van der Waals surface area (Å²) in [6.07, 6.45) is -1.83. The molecular weight excluding hydrogens is 532 g/mol. The number of imidazole rings is 1. The minimum Gasteiger partial charge on any atom is -0.479 e. The molecule has 210 valence electrons. The maximum Gasteiger partial charge on any atom is 0.334 e. The Bertz CT molecular complexity index is 1630. The molecule has 4 aromatic rings. The first-order chi connectivity index (χ1) is 19.2. The van der Waals surface area contributed by atoms with Crippen molar-refractivity contribution < 1.29 is 27.0 Å². The third-order valence-electron chi connectivity index (χ3n) is 7.62. The van der Waals surface area contributed by atoms with E-state index in [2.05, 4.69) is 25.2 Å². The number of likely N-dealkylation sites (tertiary alicyclic amines) is 1. The molecule has 10 nitrogen and oxygen atoms in total. The second kappa shape index (κ2) is 9.90. The number of aryl methyl sites for hydroxylation is 1. The highest BCUT2D eigenvalue weighted by atomic mass is 19.3. The van der Waals surface area contributed by atoms with Crippen molar-refractivity contribution in [2.45, 2.75) is 44.2 Å². The van der Waals surface area contributed by atoms with Crippen molar-refractivity contribution in [3.05, 3.63) is 47.5 Å². The van der Waals surface area contributed by atoms with E-state index < -0.39 is 36.7 Å². The molecule has 0 radical (unpaired) electrons. The van der Waals surface area contributed by atoms with Gasteiger partial charge < -0.3 is 19.4 Å². The highest BCUT2D eigenvalue weighted by Gasteiger charge is 2.53. The molecule has 2 fully saturated rings. The molecule has 0 aliphatic carbocycles. The number of anilines is 1. The molecule has 2 aliphatic rings. The molecule has 1 aromatic carbocycles. The summed E-state index contributed by atoms with van der Waals surface area (Å²) >= 11 is 0. The zero-order chi connectivity index (χ0) is 28.2. The monoisotopic (exact) mass is 558 g/mol. The summed E-state index contributed by atoms with van der Waals surface area (Å²) in [5.74, 6) is -0.0460. The van der Waals surface area contributed by atoms with Gasteiger partial charge in [0.25, 0.3) is 6.43 Å². The van der Waals surface area contributed by atoms with E-state index in [-0.39, 0.29) is 48.4 Å². The molecule has 0 amide bonds. The number of hydrogen-bond donors (Lipinski definition) is 1. The van der Waals surface area contributed by atoms with E-state index in [1.807, 2.05) is 4.90 Å². The Labute approximate surface area is 226 Å². The van der Waals surface area contributed by atoms with Crippen LogP contribution in [-0.4, -0.2) is 86.8 Å². The molecule has 0 saturated carbocycles. The Balaban J connectivity index is 1.30. The van der Waals surface area contributed by atoms with Crippen LogP contribution in [0.2, 0.25) is 0 Å². The van der Waals surface area contributed by atoms with Gasteiger partial charge in [0.2, 0.25) is 11.8 Å². The van der Waals surface area contributed by atoms with Crippen LogP contribution in [-0.2, 0) is 11.3 Å². The van der Waals surface area contributed by atoms with Gasteiger partial charge in [-0.2, -0.15) is 4.98 Å². The maximum atomic E-state index is 15.2.